The molecule has 0 spiro atoms. The molecule has 0 aliphatic carbocycles. The lowest BCUT2D eigenvalue weighted by atomic mass is 10.1. The van der Waals surface area contributed by atoms with Crippen LogP contribution >= 0.6 is 15.9 Å². The molecule has 0 aliphatic heterocycles. The molecule has 0 aliphatic rings. The number of benzene rings is 1. The third kappa shape index (κ3) is 2.95. The van der Waals surface area contributed by atoms with Gasteiger partial charge in [0.05, 0.1) is 12.7 Å². The van der Waals surface area contributed by atoms with E-state index in [1.54, 1.807) is 19.1 Å². The van der Waals surface area contributed by atoms with Crippen LogP contribution in [0.4, 0.5) is 4.39 Å². The van der Waals surface area contributed by atoms with Gasteiger partial charge < -0.3 is 9.84 Å². The first-order chi connectivity index (χ1) is 7.61. The predicted molar refractivity (Wildman–Crippen MR) is 65.1 cm³/mol. The van der Waals surface area contributed by atoms with Crippen LogP contribution in [0.5, 0.6) is 5.75 Å². The van der Waals surface area contributed by atoms with Crippen LogP contribution in [0.25, 0.3) is 0 Å². The van der Waals surface area contributed by atoms with Crippen LogP contribution in [0.3, 0.4) is 0 Å². The topological polar surface area (TPSA) is 29.5 Å². The zero-order valence-electron chi connectivity index (χ0n) is 9.46. The number of halogens is 2. The molecule has 0 saturated heterocycles. The van der Waals surface area contributed by atoms with Gasteiger partial charge in [0, 0.05) is 10.0 Å². The highest BCUT2D eigenvalue weighted by molar-refractivity contribution is 9.10. The fourth-order valence-corrected chi connectivity index (χ4v) is 1.95. The normalized spacial score (nSPS) is 12.6. The van der Waals surface area contributed by atoms with Gasteiger partial charge in [0.2, 0.25) is 0 Å². The van der Waals surface area contributed by atoms with Gasteiger partial charge in [-0.3, -0.25) is 0 Å². The molecule has 0 saturated carbocycles. The maximum Gasteiger partial charge on any atom is 0.171 e. The molecule has 90 valence electrons. The minimum atomic E-state index is -0.806. The van der Waals surface area contributed by atoms with E-state index in [2.05, 4.69) is 15.9 Å². The van der Waals surface area contributed by atoms with Crippen molar-refractivity contribution in [1.82, 2.24) is 0 Å². The molecule has 1 atom stereocenters. The Balaban J connectivity index is 3.06. The standard InChI is InChI=1S/C12H16BrFO2/c1-3-7-16-10-6-5-8(13)11(12(10)14)9(15)4-2/h5-6,9,15H,3-4,7H2,1-2H3. The quantitative estimate of drug-likeness (QED) is 0.893. The number of ether oxygens (including phenoxy) is 1. The second-order valence-corrected chi connectivity index (χ2v) is 4.40. The number of hydrogen-bond acceptors (Lipinski definition) is 2. The van der Waals surface area contributed by atoms with Crippen LogP contribution in [0, 0.1) is 5.82 Å². The molecule has 0 bridgehead atoms. The number of aliphatic hydroxyl groups excluding tert-OH is 1. The van der Waals surface area contributed by atoms with Crippen molar-refractivity contribution in [3.8, 4) is 5.75 Å². The lowest BCUT2D eigenvalue weighted by molar-refractivity contribution is 0.166. The molecule has 0 heterocycles. The van der Waals surface area contributed by atoms with Crippen molar-refractivity contribution >= 4 is 15.9 Å². The lowest BCUT2D eigenvalue weighted by Gasteiger charge is -2.15. The number of aliphatic hydroxyl groups is 1. The summed E-state index contributed by atoms with van der Waals surface area (Å²) in [7, 11) is 0. The molecular weight excluding hydrogens is 275 g/mol. The molecule has 0 radical (unpaired) electrons. The van der Waals surface area contributed by atoms with Crippen molar-refractivity contribution in [1.29, 1.82) is 0 Å². The molecule has 1 aromatic carbocycles. The van der Waals surface area contributed by atoms with Crippen LogP contribution in [-0.2, 0) is 0 Å². The lowest BCUT2D eigenvalue weighted by Crippen LogP contribution is -2.04. The maximum atomic E-state index is 14.0. The third-order valence-corrected chi connectivity index (χ3v) is 2.96. The summed E-state index contributed by atoms with van der Waals surface area (Å²) >= 11 is 3.24. The van der Waals surface area contributed by atoms with E-state index in [1.807, 2.05) is 6.92 Å². The molecule has 16 heavy (non-hydrogen) atoms. The Morgan fingerprint density at radius 1 is 1.44 bits per heavy atom. The summed E-state index contributed by atoms with van der Waals surface area (Å²) in [6.07, 6.45) is 0.480. The molecular formula is C12H16BrFO2. The fourth-order valence-electron chi connectivity index (χ4n) is 1.38. The Morgan fingerprint density at radius 3 is 2.69 bits per heavy atom. The average Bonchev–Trinajstić information content (AvgIpc) is 2.28. The summed E-state index contributed by atoms with van der Waals surface area (Å²) in [5, 5.41) is 9.72. The molecule has 1 N–H and O–H groups in total. The van der Waals surface area contributed by atoms with Crippen molar-refractivity contribution in [2.45, 2.75) is 32.8 Å². The summed E-state index contributed by atoms with van der Waals surface area (Å²) in [5.41, 5.74) is 0.274. The molecule has 0 fully saturated rings. The maximum absolute atomic E-state index is 14.0. The average molecular weight is 291 g/mol. The Bertz CT molecular complexity index is 355. The third-order valence-electron chi connectivity index (χ3n) is 2.27. The molecule has 1 rings (SSSR count). The highest BCUT2D eigenvalue weighted by atomic mass is 79.9. The van der Waals surface area contributed by atoms with E-state index in [4.69, 9.17) is 4.74 Å². The summed E-state index contributed by atoms with van der Waals surface area (Å²) in [5.74, 6) is -0.273. The second kappa shape index (κ2) is 6.21. The predicted octanol–water partition coefficient (Wildman–Crippen LogP) is 3.82. The monoisotopic (exact) mass is 290 g/mol. The summed E-state index contributed by atoms with van der Waals surface area (Å²) in [6, 6.07) is 3.27. The van der Waals surface area contributed by atoms with Gasteiger partial charge in [-0.25, -0.2) is 4.39 Å². The second-order valence-electron chi connectivity index (χ2n) is 3.55. The van der Waals surface area contributed by atoms with Gasteiger partial charge in [-0.2, -0.15) is 0 Å². The Kier molecular flexibility index (Phi) is 5.22. The van der Waals surface area contributed by atoms with Gasteiger partial charge >= 0.3 is 0 Å². The summed E-state index contributed by atoms with van der Waals surface area (Å²) < 4.78 is 19.8. The SMILES string of the molecule is CCCOc1ccc(Br)c(C(O)CC)c1F. The molecule has 0 aromatic heterocycles. The largest absolute Gasteiger partial charge is 0.491 e. The minimum absolute atomic E-state index is 0.201. The summed E-state index contributed by atoms with van der Waals surface area (Å²) in [6.45, 7) is 4.23. The van der Waals surface area contributed by atoms with Crippen LogP contribution in [0.2, 0.25) is 0 Å². The molecule has 1 unspecified atom stereocenters. The van der Waals surface area contributed by atoms with Crippen molar-refractivity contribution in [3.05, 3.63) is 28.0 Å². The molecule has 1 aromatic rings. The van der Waals surface area contributed by atoms with Crippen LogP contribution in [-0.4, -0.2) is 11.7 Å². The minimum Gasteiger partial charge on any atom is -0.491 e. The fraction of sp³-hybridized carbons (Fsp3) is 0.500. The number of hydrogen-bond donors (Lipinski definition) is 1. The molecule has 0 amide bonds. The van der Waals surface area contributed by atoms with Crippen molar-refractivity contribution in [2.24, 2.45) is 0 Å². The van der Waals surface area contributed by atoms with E-state index >= 15 is 0 Å². The van der Waals surface area contributed by atoms with Gasteiger partial charge in [0.15, 0.2) is 11.6 Å². The molecule has 4 heteroatoms. The van der Waals surface area contributed by atoms with E-state index in [-0.39, 0.29) is 11.3 Å². The van der Waals surface area contributed by atoms with Crippen molar-refractivity contribution in [2.75, 3.05) is 6.61 Å². The first-order valence-electron chi connectivity index (χ1n) is 5.40. The van der Waals surface area contributed by atoms with E-state index < -0.39 is 11.9 Å². The highest BCUT2D eigenvalue weighted by Gasteiger charge is 2.18. The molecule has 2 nitrogen and oxygen atoms in total. The zero-order valence-corrected chi connectivity index (χ0v) is 11.1. The first kappa shape index (κ1) is 13.5. The first-order valence-corrected chi connectivity index (χ1v) is 6.19. The van der Waals surface area contributed by atoms with Crippen molar-refractivity contribution in [3.63, 3.8) is 0 Å². The van der Waals surface area contributed by atoms with Gasteiger partial charge in [-0.15, -0.1) is 0 Å². The van der Waals surface area contributed by atoms with Crippen molar-refractivity contribution < 1.29 is 14.2 Å². The number of rotatable bonds is 5. The van der Waals surface area contributed by atoms with Crippen LogP contribution in [0.15, 0.2) is 16.6 Å². The van der Waals surface area contributed by atoms with Gasteiger partial charge in [-0.1, -0.05) is 29.8 Å². The van der Waals surface area contributed by atoms with E-state index in [0.717, 1.165) is 6.42 Å². The smallest absolute Gasteiger partial charge is 0.171 e. The van der Waals surface area contributed by atoms with Crippen LogP contribution in [0.1, 0.15) is 38.4 Å². The van der Waals surface area contributed by atoms with E-state index in [0.29, 0.717) is 17.5 Å². The summed E-state index contributed by atoms with van der Waals surface area (Å²) in [4.78, 5) is 0. The Labute approximate surface area is 104 Å². The van der Waals surface area contributed by atoms with Crippen LogP contribution < -0.4 is 4.74 Å². The zero-order chi connectivity index (χ0) is 12.1. The van der Waals surface area contributed by atoms with E-state index in [1.165, 1.54) is 0 Å². The van der Waals surface area contributed by atoms with Gasteiger partial charge in [0.25, 0.3) is 0 Å². The Hall–Kier alpha value is -0.610. The van der Waals surface area contributed by atoms with Gasteiger partial charge in [0.1, 0.15) is 0 Å². The van der Waals surface area contributed by atoms with E-state index in [9.17, 15) is 9.50 Å². The highest BCUT2D eigenvalue weighted by Crippen LogP contribution is 2.33. The van der Waals surface area contributed by atoms with Gasteiger partial charge in [-0.05, 0) is 25.0 Å². The Morgan fingerprint density at radius 2 is 2.12 bits per heavy atom.